The Kier molecular flexibility index (Phi) is 6.93. The number of benzene rings is 1. The molecule has 5 aliphatic carbocycles. The quantitative estimate of drug-likeness (QED) is 0.387. The third-order valence-corrected chi connectivity index (χ3v) is 11.5. The predicted octanol–water partition coefficient (Wildman–Crippen LogP) is 8.26. The zero-order valence-corrected chi connectivity index (χ0v) is 26.4. The summed E-state index contributed by atoms with van der Waals surface area (Å²) in [5, 5.41) is 4.07. The fraction of sp³-hybridized carbons (Fsp3) is 0.425. The summed E-state index contributed by atoms with van der Waals surface area (Å²) >= 11 is 0. The summed E-state index contributed by atoms with van der Waals surface area (Å²) in [7, 11) is 2.25. The number of nitrogens with zero attached hydrogens (tertiary/aromatic N) is 4. The van der Waals surface area contributed by atoms with E-state index in [1.165, 1.54) is 65.8 Å². The van der Waals surface area contributed by atoms with Crippen LogP contribution < -0.4 is 5.32 Å². The molecule has 7 aliphatic rings. The normalized spacial score (nSPS) is 32.2. The van der Waals surface area contributed by atoms with E-state index in [0.717, 1.165) is 31.5 Å². The zero-order chi connectivity index (χ0) is 29.9. The highest BCUT2D eigenvalue weighted by Gasteiger charge is 2.53. The van der Waals surface area contributed by atoms with Crippen molar-refractivity contribution in [3.63, 3.8) is 0 Å². The molecule has 6 atom stereocenters. The molecule has 0 amide bonds. The van der Waals surface area contributed by atoms with Gasteiger partial charge in [-0.05, 0) is 55.7 Å². The van der Waals surface area contributed by atoms with Crippen LogP contribution in [0.4, 0.5) is 0 Å². The molecule has 1 aromatic carbocycles. The Balaban J connectivity index is 1.23. The first-order chi connectivity index (χ1) is 22.3. The van der Waals surface area contributed by atoms with Crippen molar-refractivity contribution >= 4 is 18.0 Å². The van der Waals surface area contributed by atoms with Gasteiger partial charge < -0.3 is 9.47 Å². The molecule has 1 aromatic heterocycles. The van der Waals surface area contributed by atoms with Gasteiger partial charge in [0.25, 0.3) is 0 Å². The second-order valence-corrected chi connectivity index (χ2v) is 14.0. The van der Waals surface area contributed by atoms with E-state index in [-0.39, 0.29) is 12.5 Å². The Morgan fingerprint density at radius 1 is 0.844 bits per heavy atom. The first-order valence-electron chi connectivity index (χ1n) is 17.5. The highest BCUT2D eigenvalue weighted by molar-refractivity contribution is 6.01. The molecule has 3 heterocycles. The number of hydrogen-bond donors (Lipinski definition) is 1. The minimum Gasteiger partial charge on any atom is -0.326 e. The second kappa shape index (κ2) is 11.3. The van der Waals surface area contributed by atoms with Crippen LogP contribution in [0.15, 0.2) is 95.6 Å². The van der Waals surface area contributed by atoms with Gasteiger partial charge in [-0.3, -0.25) is 10.2 Å². The number of likely N-dealkylation sites (N-methyl/N-ethyl adjacent to an activating group) is 1. The Labute approximate surface area is 268 Å². The number of rotatable bonds is 4. The van der Waals surface area contributed by atoms with E-state index < -0.39 is 0 Å². The number of allylic oxidation sites excluding steroid dienone is 5. The Bertz CT molecular complexity index is 1680. The summed E-state index contributed by atoms with van der Waals surface area (Å²) in [6.45, 7) is 0. The topological polar surface area (TPSA) is 35.8 Å². The second-order valence-electron chi connectivity index (χ2n) is 14.0. The van der Waals surface area contributed by atoms with Crippen LogP contribution in [0.3, 0.4) is 0 Å². The van der Waals surface area contributed by atoms with Gasteiger partial charge >= 0.3 is 0 Å². The molecular weight excluding hydrogens is 550 g/mol. The maximum atomic E-state index is 5.39. The van der Waals surface area contributed by atoms with Crippen molar-refractivity contribution in [2.75, 3.05) is 7.05 Å². The summed E-state index contributed by atoms with van der Waals surface area (Å²) in [5.41, 5.74) is 8.36. The molecule has 9 rings (SSSR count). The number of aliphatic imine (C=N–C) groups is 1. The van der Waals surface area contributed by atoms with Crippen LogP contribution in [0.1, 0.15) is 97.9 Å². The number of fused-ring (bicyclic) bond motifs is 7. The Morgan fingerprint density at radius 2 is 1.69 bits per heavy atom. The van der Waals surface area contributed by atoms with Gasteiger partial charge in [0, 0.05) is 53.5 Å². The van der Waals surface area contributed by atoms with Gasteiger partial charge in [-0.25, -0.2) is 4.99 Å². The fourth-order valence-electron chi connectivity index (χ4n) is 9.52. The first kappa shape index (κ1) is 27.6. The lowest BCUT2D eigenvalue weighted by molar-refractivity contribution is 0.0954. The van der Waals surface area contributed by atoms with Crippen LogP contribution >= 0.6 is 0 Å². The van der Waals surface area contributed by atoms with Crippen molar-refractivity contribution in [3.05, 3.63) is 119 Å². The Hall–Kier alpha value is -3.67. The predicted molar refractivity (Wildman–Crippen MR) is 184 cm³/mol. The molecule has 0 bridgehead atoms. The molecule has 230 valence electrons. The third kappa shape index (κ3) is 4.45. The van der Waals surface area contributed by atoms with Crippen LogP contribution in [0.2, 0.25) is 0 Å². The average Bonchev–Trinajstić information content (AvgIpc) is 3.63. The highest BCUT2D eigenvalue weighted by Crippen LogP contribution is 2.55. The van der Waals surface area contributed by atoms with Crippen LogP contribution in [0.5, 0.6) is 0 Å². The lowest BCUT2D eigenvalue weighted by atomic mass is 9.80. The van der Waals surface area contributed by atoms with Crippen LogP contribution in [-0.2, 0) is 6.42 Å². The van der Waals surface area contributed by atoms with Gasteiger partial charge in [0.05, 0.1) is 6.04 Å². The minimum absolute atomic E-state index is 0.0618. The molecule has 2 aromatic rings. The molecule has 0 spiro atoms. The SMILES string of the molecule is CN1C(C2=CCCC=C2)=NC(c2ccccc2)NC1n1c2c(c3c1C1C(C=C3)C3C=CC=CC3N1C1CCCCC1)CCC=C2. The monoisotopic (exact) mass is 595 g/mol. The van der Waals surface area contributed by atoms with Crippen molar-refractivity contribution in [2.24, 2.45) is 16.8 Å². The van der Waals surface area contributed by atoms with Crippen molar-refractivity contribution in [3.8, 4) is 0 Å². The van der Waals surface area contributed by atoms with Crippen LogP contribution in [0, 0.1) is 11.8 Å². The molecule has 1 saturated carbocycles. The van der Waals surface area contributed by atoms with Crippen LogP contribution in [0.25, 0.3) is 12.2 Å². The largest absolute Gasteiger partial charge is 0.326 e. The van der Waals surface area contributed by atoms with Crippen LogP contribution in [-0.4, -0.2) is 39.3 Å². The number of aromatic nitrogens is 1. The molecule has 5 heteroatoms. The van der Waals surface area contributed by atoms with Gasteiger partial charge in [-0.2, -0.15) is 0 Å². The summed E-state index contributed by atoms with van der Waals surface area (Å²) < 4.78 is 2.72. The van der Waals surface area contributed by atoms with Gasteiger partial charge in [0.15, 0.2) is 6.29 Å². The average molecular weight is 596 g/mol. The molecule has 5 nitrogen and oxygen atoms in total. The van der Waals surface area contributed by atoms with E-state index in [2.05, 4.69) is 124 Å². The van der Waals surface area contributed by atoms with E-state index in [9.17, 15) is 0 Å². The first-order valence-corrected chi connectivity index (χ1v) is 17.5. The summed E-state index contributed by atoms with van der Waals surface area (Å²) in [5.74, 6) is 2.07. The van der Waals surface area contributed by atoms with E-state index in [4.69, 9.17) is 4.99 Å². The molecule has 1 saturated heterocycles. The van der Waals surface area contributed by atoms with Gasteiger partial charge in [-0.15, -0.1) is 0 Å². The van der Waals surface area contributed by atoms with E-state index in [1.54, 1.807) is 0 Å². The molecule has 2 fully saturated rings. The lowest BCUT2D eigenvalue weighted by Crippen LogP contribution is -2.50. The van der Waals surface area contributed by atoms with E-state index in [0.29, 0.717) is 30.0 Å². The van der Waals surface area contributed by atoms with Crippen molar-refractivity contribution in [2.45, 2.75) is 88.4 Å². The number of likely N-dealkylation sites (tertiary alicyclic amines) is 1. The number of hydrogen-bond acceptors (Lipinski definition) is 4. The molecule has 45 heavy (non-hydrogen) atoms. The van der Waals surface area contributed by atoms with Gasteiger partial charge in [0.2, 0.25) is 0 Å². The molecule has 1 N–H and O–H groups in total. The molecule has 0 radical (unpaired) electrons. The highest BCUT2D eigenvalue weighted by atomic mass is 15.5. The minimum atomic E-state index is -0.124. The van der Waals surface area contributed by atoms with Crippen molar-refractivity contribution < 1.29 is 0 Å². The standard InChI is InChI=1S/C40H45N5/c1-43-39(28-17-7-3-8-18-28)41-38(27-15-5-2-6-16-27)42-40(43)45-35-24-14-12-22-31(35)33-26-25-32-30-21-11-13-23-34(30)44(36(32)37(33)45)29-19-9-4-10-20-29/h2,5-7,11,13-18,21,23-26,29-30,32,34,36,38,40,42H,3-4,8-10,12,19-20,22H2,1H3. The number of nitrogens with one attached hydrogen (secondary N) is 1. The Morgan fingerprint density at radius 3 is 2.53 bits per heavy atom. The van der Waals surface area contributed by atoms with E-state index >= 15 is 0 Å². The van der Waals surface area contributed by atoms with Gasteiger partial charge in [0.1, 0.15) is 12.0 Å². The van der Waals surface area contributed by atoms with E-state index in [1.807, 2.05) is 0 Å². The maximum Gasteiger partial charge on any atom is 0.164 e. The van der Waals surface area contributed by atoms with Gasteiger partial charge in [-0.1, -0.05) is 110 Å². The van der Waals surface area contributed by atoms with Crippen molar-refractivity contribution in [1.82, 2.24) is 19.7 Å². The molecule has 2 aliphatic heterocycles. The summed E-state index contributed by atoms with van der Waals surface area (Å²) in [6, 6.07) is 12.3. The fourth-order valence-corrected chi connectivity index (χ4v) is 9.52. The smallest absolute Gasteiger partial charge is 0.164 e. The lowest BCUT2D eigenvalue weighted by Gasteiger charge is -2.44. The summed E-state index contributed by atoms with van der Waals surface area (Å²) in [6.07, 6.45) is 37.4. The van der Waals surface area contributed by atoms with Crippen molar-refractivity contribution in [1.29, 1.82) is 0 Å². The number of amidine groups is 1. The maximum absolute atomic E-state index is 5.39. The zero-order valence-electron chi connectivity index (χ0n) is 26.4. The molecular formula is C40H45N5. The third-order valence-electron chi connectivity index (χ3n) is 11.5. The summed E-state index contributed by atoms with van der Waals surface area (Å²) in [4.78, 5) is 10.8. The molecule has 6 unspecified atom stereocenters.